The van der Waals surface area contributed by atoms with E-state index in [0.29, 0.717) is 0 Å². The second-order valence-corrected chi connectivity index (χ2v) is 5.39. The molecule has 0 spiro atoms. The van der Waals surface area contributed by atoms with Crippen molar-refractivity contribution >= 4 is 0 Å². The maximum atomic E-state index is 13.1. The van der Waals surface area contributed by atoms with Crippen molar-refractivity contribution in [2.24, 2.45) is 0 Å². The highest BCUT2D eigenvalue weighted by molar-refractivity contribution is 5.30. The molecule has 2 rings (SSSR count). The van der Waals surface area contributed by atoms with Crippen LogP contribution in [0.15, 0.2) is 43.0 Å². The number of hydrogen-bond donors (Lipinski definition) is 1. The third kappa shape index (κ3) is 3.02. The van der Waals surface area contributed by atoms with Gasteiger partial charge in [0.15, 0.2) is 0 Å². The van der Waals surface area contributed by atoms with Crippen LogP contribution >= 0.6 is 0 Å². The Morgan fingerprint density at radius 1 is 1.15 bits per heavy atom. The summed E-state index contributed by atoms with van der Waals surface area (Å²) in [5.74, 6) is -0.215. The standard InChI is InChI=1S/C16H20FN3/c1-4-20-15(12-9-18-11-19-10-12)16(2,3)13-5-7-14(17)8-6-13/h5-11,15,20H,4H2,1-3H3. The highest BCUT2D eigenvalue weighted by atomic mass is 19.1. The molecule has 1 atom stereocenters. The van der Waals surface area contributed by atoms with Gasteiger partial charge in [0.2, 0.25) is 0 Å². The van der Waals surface area contributed by atoms with Crippen molar-refractivity contribution in [3.63, 3.8) is 0 Å². The summed E-state index contributed by atoms with van der Waals surface area (Å²) in [6.07, 6.45) is 5.18. The minimum atomic E-state index is -0.215. The summed E-state index contributed by atoms with van der Waals surface area (Å²) in [7, 11) is 0. The van der Waals surface area contributed by atoms with Crippen LogP contribution in [0.5, 0.6) is 0 Å². The summed E-state index contributed by atoms with van der Waals surface area (Å²) >= 11 is 0. The number of benzene rings is 1. The fourth-order valence-corrected chi connectivity index (χ4v) is 2.50. The number of nitrogens with one attached hydrogen (secondary N) is 1. The third-order valence-corrected chi connectivity index (χ3v) is 3.63. The Morgan fingerprint density at radius 2 is 1.75 bits per heavy atom. The van der Waals surface area contributed by atoms with E-state index in [1.165, 1.54) is 18.5 Å². The quantitative estimate of drug-likeness (QED) is 0.908. The molecule has 0 fully saturated rings. The third-order valence-electron chi connectivity index (χ3n) is 3.63. The van der Waals surface area contributed by atoms with Gasteiger partial charge < -0.3 is 5.32 Å². The van der Waals surface area contributed by atoms with Gasteiger partial charge in [0, 0.05) is 29.4 Å². The zero-order valence-corrected chi connectivity index (χ0v) is 12.1. The van der Waals surface area contributed by atoms with Crippen molar-refractivity contribution in [3.05, 3.63) is 59.9 Å². The highest BCUT2D eigenvalue weighted by Crippen LogP contribution is 2.36. The lowest BCUT2D eigenvalue weighted by atomic mass is 9.75. The van der Waals surface area contributed by atoms with Crippen LogP contribution in [0.1, 0.15) is 37.9 Å². The molecule has 0 amide bonds. The van der Waals surface area contributed by atoms with Crippen LogP contribution in [0.25, 0.3) is 0 Å². The van der Waals surface area contributed by atoms with Crippen LogP contribution in [0.2, 0.25) is 0 Å². The molecular formula is C16H20FN3. The lowest BCUT2D eigenvalue weighted by molar-refractivity contribution is 0.352. The van der Waals surface area contributed by atoms with Gasteiger partial charge in [-0.15, -0.1) is 0 Å². The molecule has 3 nitrogen and oxygen atoms in total. The van der Waals surface area contributed by atoms with Gasteiger partial charge in [0.05, 0.1) is 0 Å². The zero-order chi connectivity index (χ0) is 14.6. The first-order valence-corrected chi connectivity index (χ1v) is 6.80. The van der Waals surface area contributed by atoms with E-state index in [1.807, 2.05) is 24.5 Å². The van der Waals surface area contributed by atoms with Gasteiger partial charge in [-0.2, -0.15) is 0 Å². The molecular weight excluding hydrogens is 253 g/mol. The molecule has 0 aliphatic carbocycles. The number of aromatic nitrogens is 2. The van der Waals surface area contributed by atoms with Gasteiger partial charge in [-0.05, 0) is 24.2 Å². The fraction of sp³-hybridized carbons (Fsp3) is 0.375. The molecule has 0 saturated heterocycles. The van der Waals surface area contributed by atoms with E-state index in [2.05, 4.69) is 36.1 Å². The van der Waals surface area contributed by atoms with Gasteiger partial charge in [-0.25, -0.2) is 14.4 Å². The largest absolute Gasteiger partial charge is 0.309 e. The first-order chi connectivity index (χ1) is 9.55. The van der Waals surface area contributed by atoms with Crippen molar-refractivity contribution in [2.75, 3.05) is 6.54 Å². The zero-order valence-electron chi connectivity index (χ0n) is 12.1. The van der Waals surface area contributed by atoms with E-state index in [0.717, 1.165) is 17.7 Å². The maximum absolute atomic E-state index is 13.1. The number of hydrogen-bond acceptors (Lipinski definition) is 3. The highest BCUT2D eigenvalue weighted by Gasteiger charge is 2.32. The smallest absolute Gasteiger partial charge is 0.123 e. The Morgan fingerprint density at radius 3 is 2.30 bits per heavy atom. The molecule has 0 bridgehead atoms. The molecule has 1 N–H and O–H groups in total. The summed E-state index contributed by atoms with van der Waals surface area (Å²) in [5.41, 5.74) is 1.91. The predicted molar refractivity (Wildman–Crippen MR) is 77.9 cm³/mol. The topological polar surface area (TPSA) is 37.8 Å². The molecule has 0 aliphatic heterocycles. The summed E-state index contributed by atoms with van der Waals surface area (Å²) in [6.45, 7) is 7.18. The first-order valence-electron chi connectivity index (χ1n) is 6.80. The molecule has 1 aromatic carbocycles. The summed E-state index contributed by atoms with van der Waals surface area (Å²) in [5, 5.41) is 3.48. The second-order valence-electron chi connectivity index (χ2n) is 5.39. The molecule has 1 aromatic heterocycles. The van der Waals surface area contributed by atoms with E-state index in [9.17, 15) is 4.39 Å². The van der Waals surface area contributed by atoms with Crippen LogP contribution in [0.4, 0.5) is 4.39 Å². The molecule has 1 unspecified atom stereocenters. The maximum Gasteiger partial charge on any atom is 0.123 e. The molecule has 4 heteroatoms. The second kappa shape index (κ2) is 6.09. The normalized spacial score (nSPS) is 13.2. The average molecular weight is 273 g/mol. The van der Waals surface area contributed by atoms with Gasteiger partial charge in [-0.3, -0.25) is 0 Å². The molecule has 0 saturated carbocycles. The van der Waals surface area contributed by atoms with Crippen LogP contribution in [0.3, 0.4) is 0 Å². The molecule has 0 radical (unpaired) electrons. The summed E-state index contributed by atoms with van der Waals surface area (Å²) in [4.78, 5) is 8.20. The van der Waals surface area contributed by atoms with Crippen molar-refractivity contribution in [1.29, 1.82) is 0 Å². The van der Waals surface area contributed by atoms with E-state index in [1.54, 1.807) is 0 Å². The number of rotatable bonds is 5. The lowest BCUT2D eigenvalue weighted by Gasteiger charge is -2.35. The van der Waals surface area contributed by atoms with Gasteiger partial charge in [0.1, 0.15) is 12.1 Å². The van der Waals surface area contributed by atoms with Gasteiger partial charge >= 0.3 is 0 Å². The van der Waals surface area contributed by atoms with E-state index >= 15 is 0 Å². The number of halogens is 1. The fourth-order valence-electron chi connectivity index (χ4n) is 2.50. The minimum absolute atomic E-state index is 0.0687. The Labute approximate surface area is 119 Å². The van der Waals surface area contributed by atoms with Crippen LogP contribution < -0.4 is 5.32 Å². The number of nitrogens with zero attached hydrogens (tertiary/aromatic N) is 2. The van der Waals surface area contributed by atoms with E-state index in [4.69, 9.17) is 0 Å². The van der Waals surface area contributed by atoms with Crippen molar-refractivity contribution in [2.45, 2.75) is 32.2 Å². The van der Waals surface area contributed by atoms with E-state index in [-0.39, 0.29) is 17.3 Å². The number of likely N-dealkylation sites (N-methyl/N-ethyl adjacent to an activating group) is 1. The minimum Gasteiger partial charge on any atom is -0.309 e. The Bertz CT molecular complexity index is 537. The average Bonchev–Trinajstić information content (AvgIpc) is 2.46. The monoisotopic (exact) mass is 273 g/mol. The summed E-state index contributed by atoms with van der Waals surface area (Å²) in [6, 6.07) is 6.75. The molecule has 2 aromatic rings. The molecule has 106 valence electrons. The first kappa shape index (κ1) is 14.6. The SMILES string of the molecule is CCNC(c1cncnc1)C(C)(C)c1ccc(F)cc1. The summed E-state index contributed by atoms with van der Waals surface area (Å²) < 4.78 is 13.1. The van der Waals surface area contributed by atoms with Crippen LogP contribution in [0, 0.1) is 5.82 Å². The Balaban J connectivity index is 2.39. The lowest BCUT2D eigenvalue weighted by Crippen LogP contribution is -2.37. The molecule has 0 aliphatic rings. The van der Waals surface area contributed by atoms with Crippen LogP contribution in [-0.4, -0.2) is 16.5 Å². The van der Waals surface area contributed by atoms with Gasteiger partial charge in [-0.1, -0.05) is 32.9 Å². The van der Waals surface area contributed by atoms with Crippen molar-refractivity contribution in [3.8, 4) is 0 Å². The molecule has 1 heterocycles. The predicted octanol–water partition coefficient (Wildman–Crippen LogP) is 3.24. The Hall–Kier alpha value is -1.81. The van der Waals surface area contributed by atoms with Crippen molar-refractivity contribution < 1.29 is 4.39 Å². The Kier molecular flexibility index (Phi) is 4.45. The van der Waals surface area contributed by atoms with E-state index < -0.39 is 0 Å². The van der Waals surface area contributed by atoms with Crippen molar-refractivity contribution in [1.82, 2.24) is 15.3 Å². The van der Waals surface area contributed by atoms with Gasteiger partial charge in [0.25, 0.3) is 0 Å². The van der Waals surface area contributed by atoms with Crippen LogP contribution in [-0.2, 0) is 5.41 Å². The molecule has 20 heavy (non-hydrogen) atoms.